The summed E-state index contributed by atoms with van der Waals surface area (Å²) < 4.78 is 8.92. The van der Waals surface area contributed by atoms with Gasteiger partial charge in [-0.15, -0.1) is 0 Å². The van der Waals surface area contributed by atoms with Gasteiger partial charge in [-0.05, 0) is 17.9 Å². The van der Waals surface area contributed by atoms with Gasteiger partial charge in [-0.2, -0.15) is 0 Å². The van der Waals surface area contributed by atoms with Crippen LogP contribution in [0.3, 0.4) is 0 Å². The first-order valence-corrected chi connectivity index (χ1v) is 11.4. The minimum Gasteiger partial charge on any atom is -0.490 e. The monoisotopic (exact) mass is 454 g/mol. The normalized spacial score (nSPS) is 13.5. The van der Waals surface area contributed by atoms with Gasteiger partial charge >= 0.3 is 5.69 Å². The van der Waals surface area contributed by atoms with Crippen LogP contribution < -0.4 is 16.0 Å². The molecule has 2 atom stereocenters. The van der Waals surface area contributed by atoms with Gasteiger partial charge in [0.25, 0.3) is 5.56 Å². The van der Waals surface area contributed by atoms with E-state index >= 15 is 0 Å². The number of aryl methyl sites for hydroxylation is 1. The van der Waals surface area contributed by atoms with Crippen molar-refractivity contribution < 1.29 is 9.84 Å². The van der Waals surface area contributed by atoms with E-state index in [1.165, 1.54) is 16.3 Å². The Morgan fingerprint density at radius 2 is 1.94 bits per heavy atom. The van der Waals surface area contributed by atoms with Crippen molar-refractivity contribution in [3.63, 3.8) is 0 Å². The molecule has 32 heavy (non-hydrogen) atoms. The maximum atomic E-state index is 12.6. The van der Waals surface area contributed by atoms with Gasteiger partial charge in [-0.25, -0.2) is 9.78 Å². The summed E-state index contributed by atoms with van der Waals surface area (Å²) in [6.07, 6.45) is 0.0231. The van der Waals surface area contributed by atoms with Gasteiger partial charge in [-0.3, -0.25) is 14.3 Å². The van der Waals surface area contributed by atoms with Crippen LogP contribution in [0.1, 0.15) is 20.3 Å². The van der Waals surface area contributed by atoms with Gasteiger partial charge in [0.15, 0.2) is 16.3 Å². The lowest BCUT2D eigenvalue weighted by Gasteiger charge is -2.17. The summed E-state index contributed by atoms with van der Waals surface area (Å²) in [4.78, 5) is 31.5. The minimum atomic E-state index is -0.890. The van der Waals surface area contributed by atoms with Crippen molar-refractivity contribution in [3.05, 3.63) is 63.3 Å². The van der Waals surface area contributed by atoms with Crippen LogP contribution in [0.2, 0.25) is 0 Å². The number of benzene rings is 2. The molecule has 0 fully saturated rings. The molecule has 0 saturated heterocycles. The van der Waals surface area contributed by atoms with Crippen molar-refractivity contribution in [3.8, 4) is 5.75 Å². The van der Waals surface area contributed by atoms with Crippen LogP contribution in [0.4, 0.5) is 0 Å². The summed E-state index contributed by atoms with van der Waals surface area (Å²) in [5.41, 5.74) is -0.477. The smallest absolute Gasteiger partial charge is 0.329 e. The van der Waals surface area contributed by atoms with Crippen LogP contribution in [0.25, 0.3) is 21.9 Å². The first-order chi connectivity index (χ1) is 15.4. The Kier molecular flexibility index (Phi) is 6.38. The quantitative estimate of drug-likeness (QED) is 0.397. The summed E-state index contributed by atoms with van der Waals surface area (Å²) in [7, 11) is 1.57. The minimum absolute atomic E-state index is 0.0464. The lowest BCUT2D eigenvalue weighted by molar-refractivity contribution is 0.0921. The number of nitrogens with one attached hydrogen (secondary N) is 1. The van der Waals surface area contributed by atoms with Crippen molar-refractivity contribution in [1.82, 2.24) is 19.1 Å². The van der Waals surface area contributed by atoms with E-state index in [9.17, 15) is 14.7 Å². The summed E-state index contributed by atoms with van der Waals surface area (Å²) in [5, 5.41) is 13.6. The van der Waals surface area contributed by atoms with Crippen LogP contribution in [-0.2, 0) is 13.6 Å². The fourth-order valence-electron chi connectivity index (χ4n) is 3.51. The first-order valence-electron chi connectivity index (χ1n) is 10.5. The number of ether oxygens (including phenoxy) is 1. The Morgan fingerprint density at radius 1 is 1.19 bits per heavy atom. The van der Waals surface area contributed by atoms with Crippen LogP contribution >= 0.6 is 11.8 Å². The molecule has 0 radical (unpaired) electrons. The van der Waals surface area contributed by atoms with E-state index in [0.717, 1.165) is 17.2 Å². The average molecular weight is 455 g/mol. The molecule has 0 aliphatic heterocycles. The second-order valence-electron chi connectivity index (χ2n) is 7.77. The molecule has 4 rings (SSSR count). The molecule has 0 bridgehead atoms. The van der Waals surface area contributed by atoms with Gasteiger partial charge in [0.05, 0.1) is 6.54 Å². The molecule has 0 aliphatic rings. The van der Waals surface area contributed by atoms with Crippen molar-refractivity contribution >= 4 is 33.7 Å². The highest BCUT2D eigenvalue weighted by molar-refractivity contribution is 7.99. The van der Waals surface area contributed by atoms with Gasteiger partial charge < -0.3 is 14.4 Å². The lowest BCUT2D eigenvalue weighted by atomic mass is 10.1. The SMILES string of the molecule is CC[C@H](C)Sc1nc2c(c(=O)[nH]c(=O)n2C)n1C[C@H](O)COc1cccc2ccccc12. The highest BCUT2D eigenvalue weighted by Crippen LogP contribution is 2.28. The number of thioether (sulfide) groups is 1. The molecule has 0 spiro atoms. The third-order valence-corrected chi connectivity index (χ3v) is 6.69. The van der Waals surface area contributed by atoms with Crippen LogP contribution in [0, 0.1) is 0 Å². The van der Waals surface area contributed by atoms with Gasteiger partial charge in [0, 0.05) is 17.7 Å². The maximum Gasteiger partial charge on any atom is 0.329 e. The summed E-state index contributed by atoms with van der Waals surface area (Å²) >= 11 is 1.51. The Labute approximate surface area is 188 Å². The van der Waals surface area contributed by atoms with E-state index in [-0.39, 0.29) is 23.9 Å². The van der Waals surface area contributed by atoms with Gasteiger partial charge in [0.1, 0.15) is 18.5 Å². The number of aliphatic hydroxyl groups excluding tert-OH is 1. The highest BCUT2D eigenvalue weighted by atomic mass is 32.2. The molecular formula is C23H26N4O4S. The van der Waals surface area contributed by atoms with Gasteiger partial charge in [0.2, 0.25) is 0 Å². The molecule has 2 N–H and O–H groups in total. The van der Waals surface area contributed by atoms with Crippen molar-refractivity contribution in [2.24, 2.45) is 7.05 Å². The predicted molar refractivity (Wildman–Crippen MR) is 127 cm³/mol. The lowest BCUT2D eigenvalue weighted by Crippen LogP contribution is -2.30. The number of rotatable bonds is 8. The number of aromatic nitrogens is 4. The number of aliphatic hydroxyl groups is 1. The second-order valence-corrected chi connectivity index (χ2v) is 9.18. The maximum absolute atomic E-state index is 12.6. The van der Waals surface area contributed by atoms with E-state index in [1.54, 1.807) is 11.6 Å². The molecule has 0 saturated carbocycles. The molecule has 8 nitrogen and oxygen atoms in total. The average Bonchev–Trinajstić information content (AvgIpc) is 3.14. The van der Waals surface area contributed by atoms with E-state index in [2.05, 4.69) is 23.8 Å². The third-order valence-electron chi connectivity index (χ3n) is 5.43. The third kappa shape index (κ3) is 4.31. The largest absolute Gasteiger partial charge is 0.490 e. The molecule has 0 amide bonds. The number of aromatic amines is 1. The van der Waals surface area contributed by atoms with E-state index in [1.807, 2.05) is 42.5 Å². The number of nitrogens with zero attached hydrogens (tertiary/aromatic N) is 3. The molecule has 4 aromatic rings. The number of imidazole rings is 1. The molecular weight excluding hydrogens is 428 g/mol. The molecule has 0 aliphatic carbocycles. The molecule has 2 heterocycles. The number of H-pyrrole nitrogens is 1. The molecule has 0 unspecified atom stereocenters. The van der Waals surface area contributed by atoms with Crippen LogP contribution in [0.15, 0.2) is 57.2 Å². The summed E-state index contributed by atoms with van der Waals surface area (Å²) in [6, 6.07) is 13.7. The molecule has 168 valence electrons. The number of fused-ring (bicyclic) bond motifs is 2. The van der Waals surface area contributed by atoms with Crippen molar-refractivity contribution in [2.75, 3.05) is 6.61 Å². The van der Waals surface area contributed by atoms with Crippen molar-refractivity contribution in [1.29, 1.82) is 0 Å². The van der Waals surface area contributed by atoms with E-state index < -0.39 is 17.4 Å². The zero-order valence-electron chi connectivity index (χ0n) is 18.2. The topological polar surface area (TPSA) is 102 Å². The highest BCUT2D eigenvalue weighted by Gasteiger charge is 2.21. The predicted octanol–water partition coefficient (Wildman–Crippen LogP) is 2.91. The fourth-order valence-corrected chi connectivity index (χ4v) is 4.47. The Bertz CT molecular complexity index is 1370. The Hall–Kier alpha value is -3.04. The zero-order chi connectivity index (χ0) is 22.8. The van der Waals surface area contributed by atoms with Crippen LogP contribution in [-0.4, -0.2) is 42.2 Å². The Balaban J connectivity index is 1.63. The van der Waals surface area contributed by atoms with E-state index in [0.29, 0.717) is 16.6 Å². The zero-order valence-corrected chi connectivity index (χ0v) is 19.1. The number of hydrogen-bond acceptors (Lipinski definition) is 6. The van der Waals surface area contributed by atoms with Crippen molar-refractivity contribution in [2.45, 2.75) is 43.3 Å². The summed E-state index contributed by atoms with van der Waals surface area (Å²) in [6.45, 7) is 4.30. The van der Waals surface area contributed by atoms with E-state index in [4.69, 9.17) is 4.74 Å². The van der Waals surface area contributed by atoms with Crippen LogP contribution in [0.5, 0.6) is 5.75 Å². The number of hydrogen-bond donors (Lipinski definition) is 2. The molecule has 2 aromatic heterocycles. The molecule has 9 heteroatoms. The Morgan fingerprint density at radius 3 is 2.72 bits per heavy atom. The fraction of sp³-hybridized carbons (Fsp3) is 0.348. The molecule has 2 aromatic carbocycles. The first kappa shape index (κ1) is 22.2. The summed E-state index contributed by atoms with van der Waals surface area (Å²) in [5.74, 6) is 0.687. The second kappa shape index (κ2) is 9.22. The van der Waals surface area contributed by atoms with Gasteiger partial charge in [-0.1, -0.05) is 62.0 Å². The standard InChI is InChI=1S/C23H26N4O4S/c1-4-14(2)32-23-24-20-19(21(29)25-22(30)26(20)3)27(23)12-16(28)13-31-18-11-7-9-15-8-5-6-10-17(15)18/h5-11,14,16,28H,4,12-13H2,1-3H3,(H,25,29,30)/t14-,16-/m0/s1.